The van der Waals surface area contributed by atoms with Crippen LogP contribution in [0.4, 0.5) is 0 Å². The Morgan fingerprint density at radius 1 is 1.40 bits per heavy atom. The highest BCUT2D eigenvalue weighted by Crippen LogP contribution is 2.19. The lowest BCUT2D eigenvalue weighted by atomic mass is 10.0. The quantitative estimate of drug-likeness (QED) is 0.749. The van der Waals surface area contributed by atoms with E-state index >= 15 is 0 Å². The average molecular weight is 255 g/mol. The fraction of sp³-hybridized carbons (Fsp3) is 1.00. The number of nitrogens with one attached hydrogen (secondary N) is 1. The molecule has 0 aliphatic carbocycles. The summed E-state index contributed by atoms with van der Waals surface area (Å²) in [5, 5.41) is 0. The van der Waals surface area contributed by atoms with E-state index in [-0.39, 0.29) is 0 Å². The molecule has 1 rings (SSSR count). The van der Waals surface area contributed by atoms with Crippen LogP contribution in [-0.4, -0.2) is 38.2 Å². The summed E-state index contributed by atoms with van der Waals surface area (Å²) in [6.07, 6.45) is 2.56. The van der Waals surface area contributed by atoms with Gasteiger partial charge in [-0.15, -0.1) is 11.6 Å². The Labute approximate surface area is 97.2 Å². The van der Waals surface area contributed by atoms with Gasteiger partial charge in [0.2, 0.25) is 0 Å². The third kappa shape index (κ3) is 3.90. The Balaban J connectivity index is 2.45. The zero-order valence-corrected chi connectivity index (χ0v) is 10.6. The summed E-state index contributed by atoms with van der Waals surface area (Å²) in [5.74, 6) is 1.11. The first-order valence-corrected chi connectivity index (χ1v) is 7.38. The van der Waals surface area contributed by atoms with E-state index in [9.17, 15) is 8.42 Å². The van der Waals surface area contributed by atoms with Gasteiger partial charge in [-0.2, -0.15) is 12.7 Å². The van der Waals surface area contributed by atoms with Crippen molar-refractivity contribution in [3.05, 3.63) is 0 Å². The summed E-state index contributed by atoms with van der Waals surface area (Å²) >= 11 is 5.74. The summed E-state index contributed by atoms with van der Waals surface area (Å²) in [4.78, 5) is 0. The maximum absolute atomic E-state index is 11.7. The standard InChI is InChI=1S/C9H19ClN2O2S/c1-2-5-11-15(13,14)12-6-3-9(8-10)4-7-12/h9,11H,2-8H2,1H3. The third-order valence-corrected chi connectivity index (χ3v) is 4.72. The fourth-order valence-electron chi connectivity index (χ4n) is 1.63. The number of hydrogen-bond donors (Lipinski definition) is 1. The molecule has 0 atom stereocenters. The Morgan fingerprint density at radius 3 is 2.47 bits per heavy atom. The molecule has 1 heterocycles. The highest BCUT2D eigenvalue weighted by molar-refractivity contribution is 7.87. The third-order valence-electron chi connectivity index (χ3n) is 2.67. The lowest BCUT2D eigenvalue weighted by molar-refractivity contribution is 0.287. The molecule has 90 valence electrons. The molecular formula is C9H19ClN2O2S. The highest BCUT2D eigenvalue weighted by Gasteiger charge is 2.26. The Hall–Kier alpha value is 0.160. The summed E-state index contributed by atoms with van der Waals surface area (Å²) in [6.45, 7) is 3.65. The van der Waals surface area contributed by atoms with Gasteiger partial charge in [0.1, 0.15) is 0 Å². The topological polar surface area (TPSA) is 49.4 Å². The van der Waals surface area contributed by atoms with Crippen LogP contribution >= 0.6 is 11.6 Å². The lowest BCUT2D eigenvalue weighted by Crippen LogP contribution is -2.45. The van der Waals surface area contributed by atoms with Crippen LogP contribution < -0.4 is 4.72 Å². The summed E-state index contributed by atoms with van der Waals surface area (Å²) in [5.41, 5.74) is 0. The molecule has 1 aliphatic heterocycles. The van der Waals surface area contributed by atoms with Crippen molar-refractivity contribution in [3.63, 3.8) is 0 Å². The van der Waals surface area contributed by atoms with Gasteiger partial charge in [-0.3, -0.25) is 0 Å². The molecule has 0 aromatic heterocycles. The molecule has 0 aromatic carbocycles. The largest absolute Gasteiger partial charge is 0.279 e. The van der Waals surface area contributed by atoms with E-state index in [0.29, 0.717) is 31.4 Å². The summed E-state index contributed by atoms with van der Waals surface area (Å²) in [6, 6.07) is 0. The molecule has 4 nitrogen and oxygen atoms in total. The molecule has 0 spiro atoms. The van der Waals surface area contributed by atoms with Crippen molar-refractivity contribution in [2.45, 2.75) is 26.2 Å². The molecular weight excluding hydrogens is 236 g/mol. The van der Waals surface area contributed by atoms with Crippen molar-refractivity contribution in [2.24, 2.45) is 5.92 Å². The van der Waals surface area contributed by atoms with Gasteiger partial charge in [-0.05, 0) is 25.2 Å². The molecule has 0 amide bonds. The number of halogens is 1. The van der Waals surface area contributed by atoms with Crippen LogP contribution in [0.25, 0.3) is 0 Å². The number of piperidine rings is 1. The van der Waals surface area contributed by atoms with Gasteiger partial charge < -0.3 is 0 Å². The van der Waals surface area contributed by atoms with E-state index in [1.807, 2.05) is 6.92 Å². The van der Waals surface area contributed by atoms with Crippen molar-refractivity contribution < 1.29 is 8.42 Å². The number of rotatable bonds is 5. The Morgan fingerprint density at radius 2 is 2.00 bits per heavy atom. The Kier molecular flexibility index (Phi) is 5.32. The van der Waals surface area contributed by atoms with Gasteiger partial charge in [0, 0.05) is 25.5 Å². The number of hydrogen-bond acceptors (Lipinski definition) is 2. The van der Waals surface area contributed by atoms with E-state index in [1.165, 1.54) is 4.31 Å². The maximum atomic E-state index is 11.7. The van der Waals surface area contributed by atoms with Crippen molar-refractivity contribution in [1.29, 1.82) is 0 Å². The van der Waals surface area contributed by atoms with Crippen LogP contribution in [0.2, 0.25) is 0 Å². The van der Waals surface area contributed by atoms with Gasteiger partial charge in [0.25, 0.3) is 10.2 Å². The second kappa shape index (κ2) is 6.03. The molecule has 6 heteroatoms. The van der Waals surface area contributed by atoms with Gasteiger partial charge in [0.15, 0.2) is 0 Å². The molecule has 1 fully saturated rings. The van der Waals surface area contributed by atoms with E-state index in [4.69, 9.17) is 11.6 Å². The second-order valence-electron chi connectivity index (χ2n) is 3.90. The normalized spacial score (nSPS) is 20.7. The summed E-state index contributed by atoms with van der Waals surface area (Å²) in [7, 11) is -3.24. The van der Waals surface area contributed by atoms with Gasteiger partial charge >= 0.3 is 0 Å². The minimum absolute atomic E-state index is 0.476. The van der Waals surface area contributed by atoms with Gasteiger partial charge in [0.05, 0.1) is 0 Å². The van der Waals surface area contributed by atoms with Crippen molar-refractivity contribution in [3.8, 4) is 0 Å². The first-order chi connectivity index (χ1) is 7.10. The lowest BCUT2D eigenvalue weighted by Gasteiger charge is -2.30. The predicted molar refractivity (Wildman–Crippen MR) is 62.2 cm³/mol. The zero-order chi connectivity index (χ0) is 11.3. The minimum Gasteiger partial charge on any atom is -0.202 e. The molecule has 1 saturated heterocycles. The molecule has 1 aliphatic rings. The molecule has 15 heavy (non-hydrogen) atoms. The van der Waals surface area contributed by atoms with Crippen LogP contribution in [0, 0.1) is 5.92 Å². The van der Waals surface area contributed by atoms with Crippen LogP contribution in [0.1, 0.15) is 26.2 Å². The first kappa shape index (κ1) is 13.2. The Bertz CT molecular complexity index is 274. The molecule has 1 N–H and O–H groups in total. The molecule has 0 unspecified atom stereocenters. The van der Waals surface area contributed by atoms with Gasteiger partial charge in [-0.25, -0.2) is 4.72 Å². The predicted octanol–water partition coefficient (Wildman–Crippen LogP) is 1.18. The SMILES string of the molecule is CCCNS(=O)(=O)N1CCC(CCl)CC1. The van der Waals surface area contributed by atoms with E-state index in [1.54, 1.807) is 0 Å². The molecule has 0 aromatic rings. The number of nitrogens with zero attached hydrogens (tertiary/aromatic N) is 1. The average Bonchev–Trinajstić information content (AvgIpc) is 2.26. The highest BCUT2D eigenvalue weighted by atomic mass is 35.5. The summed E-state index contributed by atoms with van der Waals surface area (Å²) < 4.78 is 27.5. The minimum atomic E-state index is -3.24. The smallest absolute Gasteiger partial charge is 0.202 e. The first-order valence-electron chi connectivity index (χ1n) is 5.41. The number of alkyl halides is 1. The van der Waals surface area contributed by atoms with Crippen molar-refractivity contribution in [2.75, 3.05) is 25.5 Å². The molecule has 0 bridgehead atoms. The molecule has 0 saturated carbocycles. The van der Waals surface area contributed by atoms with Crippen molar-refractivity contribution >= 4 is 21.8 Å². The maximum Gasteiger partial charge on any atom is 0.279 e. The second-order valence-corrected chi connectivity index (χ2v) is 5.96. The van der Waals surface area contributed by atoms with Crippen LogP contribution in [-0.2, 0) is 10.2 Å². The van der Waals surface area contributed by atoms with E-state index in [2.05, 4.69) is 4.72 Å². The van der Waals surface area contributed by atoms with Crippen LogP contribution in [0.3, 0.4) is 0 Å². The molecule has 0 radical (unpaired) electrons. The van der Waals surface area contributed by atoms with E-state index in [0.717, 1.165) is 19.3 Å². The van der Waals surface area contributed by atoms with Crippen LogP contribution in [0.15, 0.2) is 0 Å². The zero-order valence-electron chi connectivity index (χ0n) is 9.08. The fourth-order valence-corrected chi connectivity index (χ4v) is 3.27. The monoisotopic (exact) mass is 254 g/mol. The van der Waals surface area contributed by atoms with E-state index < -0.39 is 10.2 Å². The van der Waals surface area contributed by atoms with Gasteiger partial charge in [-0.1, -0.05) is 6.92 Å². The van der Waals surface area contributed by atoms with Crippen molar-refractivity contribution in [1.82, 2.24) is 9.03 Å². The van der Waals surface area contributed by atoms with Crippen LogP contribution in [0.5, 0.6) is 0 Å².